The molecule has 0 fully saturated rings. The number of phenols is 1. The zero-order valence-electron chi connectivity index (χ0n) is 8.87. The van der Waals surface area contributed by atoms with E-state index in [4.69, 9.17) is 4.74 Å². The summed E-state index contributed by atoms with van der Waals surface area (Å²) in [7, 11) is 1.62. The van der Waals surface area contributed by atoms with Crippen LogP contribution in [-0.2, 0) is 0 Å². The van der Waals surface area contributed by atoms with Gasteiger partial charge in [-0.3, -0.25) is 0 Å². The van der Waals surface area contributed by atoms with Crippen LogP contribution in [0.4, 0.5) is 0 Å². The minimum Gasteiger partial charge on any atom is -0.508 e. The van der Waals surface area contributed by atoms with Crippen LogP contribution < -0.4 is 10.1 Å². The third kappa shape index (κ3) is 2.39. The zero-order chi connectivity index (χ0) is 10.6. The second-order valence-electron chi connectivity index (χ2n) is 3.20. The van der Waals surface area contributed by atoms with Gasteiger partial charge in [-0.15, -0.1) is 0 Å². The minimum absolute atomic E-state index is 0.134. The van der Waals surface area contributed by atoms with Crippen LogP contribution in [0.5, 0.6) is 11.5 Å². The summed E-state index contributed by atoms with van der Waals surface area (Å²) >= 11 is 0. The fraction of sp³-hybridized carbons (Fsp3) is 0.455. The molecular weight excluding hydrogens is 178 g/mol. The van der Waals surface area contributed by atoms with Crippen molar-refractivity contribution >= 4 is 0 Å². The Morgan fingerprint density at radius 3 is 2.79 bits per heavy atom. The Morgan fingerprint density at radius 2 is 2.21 bits per heavy atom. The second-order valence-corrected chi connectivity index (χ2v) is 3.20. The highest BCUT2D eigenvalue weighted by Gasteiger charge is 2.09. The first-order valence-electron chi connectivity index (χ1n) is 4.79. The van der Waals surface area contributed by atoms with Crippen LogP contribution in [0.15, 0.2) is 18.2 Å². The third-order valence-electron chi connectivity index (χ3n) is 2.21. The predicted octanol–water partition coefficient (Wildman–Crippen LogP) is 2.07. The molecule has 1 aromatic carbocycles. The molecule has 1 unspecified atom stereocenters. The first-order valence-corrected chi connectivity index (χ1v) is 4.79. The van der Waals surface area contributed by atoms with Crippen LogP contribution >= 0.6 is 0 Å². The van der Waals surface area contributed by atoms with E-state index >= 15 is 0 Å². The molecule has 3 nitrogen and oxygen atoms in total. The second kappa shape index (κ2) is 4.86. The Kier molecular flexibility index (Phi) is 3.77. The van der Waals surface area contributed by atoms with E-state index in [-0.39, 0.29) is 6.04 Å². The van der Waals surface area contributed by atoms with Gasteiger partial charge in [-0.05, 0) is 31.7 Å². The molecule has 0 amide bonds. The monoisotopic (exact) mass is 195 g/mol. The van der Waals surface area contributed by atoms with Gasteiger partial charge in [0.25, 0.3) is 0 Å². The van der Waals surface area contributed by atoms with Crippen molar-refractivity contribution < 1.29 is 9.84 Å². The highest BCUT2D eigenvalue weighted by Crippen LogP contribution is 2.27. The highest BCUT2D eigenvalue weighted by atomic mass is 16.5. The summed E-state index contributed by atoms with van der Waals surface area (Å²) in [5, 5.41) is 12.9. The van der Waals surface area contributed by atoms with Gasteiger partial charge in [-0.1, -0.05) is 6.92 Å². The molecule has 0 bridgehead atoms. The molecule has 0 spiro atoms. The number of methoxy groups -OCH3 is 1. The van der Waals surface area contributed by atoms with Crippen molar-refractivity contribution in [2.45, 2.75) is 19.9 Å². The van der Waals surface area contributed by atoms with Crippen LogP contribution in [0, 0.1) is 0 Å². The molecule has 0 saturated carbocycles. The average Bonchev–Trinajstić information content (AvgIpc) is 2.19. The van der Waals surface area contributed by atoms with E-state index in [1.54, 1.807) is 19.2 Å². The van der Waals surface area contributed by atoms with Crippen molar-refractivity contribution in [3.05, 3.63) is 23.8 Å². The largest absolute Gasteiger partial charge is 0.508 e. The summed E-state index contributed by atoms with van der Waals surface area (Å²) in [6, 6.07) is 5.39. The van der Waals surface area contributed by atoms with Gasteiger partial charge >= 0.3 is 0 Å². The summed E-state index contributed by atoms with van der Waals surface area (Å²) in [6.07, 6.45) is 0. The standard InChI is InChI=1S/C11H17NO2/c1-4-12-8(2)10-7-9(14-3)5-6-11(10)13/h5-8,12-13H,4H2,1-3H3. The van der Waals surface area contributed by atoms with E-state index < -0.39 is 0 Å². The normalized spacial score (nSPS) is 12.5. The zero-order valence-corrected chi connectivity index (χ0v) is 8.87. The summed E-state index contributed by atoms with van der Waals surface area (Å²) in [4.78, 5) is 0. The Balaban J connectivity index is 2.93. The van der Waals surface area contributed by atoms with Gasteiger partial charge in [0.1, 0.15) is 11.5 Å². The number of aromatic hydroxyl groups is 1. The fourth-order valence-electron chi connectivity index (χ4n) is 1.42. The quantitative estimate of drug-likeness (QED) is 0.772. The van der Waals surface area contributed by atoms with Gasteiger partial charge in [0.2, 0.25) is 0 Å². The van der Waals surface area contributed by atoms with Crippen molar-refractivity contribution in [1.82, 2.24) is 5.32 Å². The predicted molar refractivity (Wildman–Crippen MR) is 56.8 cm³/mol. The lowest BCUT2D eigenvalue weighted by molar-refractivity contribution is 0.408. The Hall–Kier alpha value is -1.22. The molecule has 1 atom stereocenters. The molecule has 0 aliphatic carbocycles. The molecule has 0 aromatic heterocycles. The number of nitrogens with one attached hydrogen (secondary N) is 1. The molecule has 1 rings (SSSR count). The lowest BCUT2D eigenvalue weighted by Gasteiger charge is -2.15. The van der Waals surface area contributed by atoms with Gasteiger partial charge in [0.05, 0.1) is 7.11 Å². The SMILES string of the molecule is CCNC(C)c1cc(OC)ccc1O. The Morgan fingerprint density at radius 1 is 1.50 bits per heavy atom. The van der Waals surface area contributed by atoms with E-state index in [2.05, 4.69) is 5.32 Å². The third-order valence-corrected chi connectivity index (χ3v) is 2.21. The smallest absolute Gasteiger partial charge is 0.120 e. The van der Waals surface area contributed by atoms with Gasteiger partial charge in [0, 0.05) is 11.6 Å². The lowest BCUT2D eigenvalue weighted by atomic mass is 10.1. The van der Waals surface area contributed by atoms with Gasteiger partial charge in [-0.2, -0.15) is 0 Å². The van der Waals surface area contributed by atoms with Crippen LogP contribution in [0.2, 0.25) is 0 Å². The Labute approximate surface area is 84.7 Å². The van der Waals surface area contributed by atoms with Gasteiger partial charge in [-0.25, -0.2) is 0 Å². The average molecular weight is 195 g/mol. The van der Waals surface area contributed by atoms with Crippen LogP contribution in [0.25, 0.3) is 0 Å². The molecule has 1 aromatic rings. The summed E-state index contributed by atoms with van der Waals surface area (Å²) < 4.78 is 5.10. The van der Waals surface area contributed by atoms with Crippen molar-refractivity contribution in [1.29, 1.82) is 0 Å². The van der Waals surface area contributed by atoms with E-state index in [1.165, 1.54) is 0 Å². The molecule has 0 radical (unpaired) electrons. The van der Waals surface area contributed by atoms with E-state index in [1.807, 2.05) is 19.9 Å². The number of rotatable bonds is 4. The molecule has 14 heavy (non-hydrogen) atoms. The maximum Gasteiger partial charge on any atom is 0.120 e. The van der Waals surface area contributed by atoms with Gasteiger partial charge < -0.3 is 15.2 Å². The summed E-state index contributed by atoms with van der Waals surface area (Å²) in [5.74, 6) is 1.07. The Bertz CT molecular complexity index is 299. The van der Waals surface area contributed by atoms with E-state index in [0.717, 1.165) is 17.9 Å². The summed E-state index contributed by atoms with van der Waals surface area (Å²) in [6.45, 7) is 4.92. The maximum atomic E-state index is 9.63. The molecular formula is C11H17NO2. The van der Waals surface area contributed by atoms with E-state index in [0.29, 0.717) is 5.75 Å². The van der Waals surface area contributed by atoms with Crippen molar-refractivity contribution in [3.63, 3.8) is 0 Å². The number of benzene rings is 1. The topological polar surface area (TPSA) is 41.5 Å². The molecule has 3 heteroatoms. The van der Waals surface area contributed by atoms with Gasteiger partial charge in [0.15, 0.2) is 0 Å². The molecule has 2 N–H and O–H groups in total. The molecule has 0 aliphatic rings. The summed E-state index contributed by atoms with van der Waals surface area (Å²) in [5.41, 5.74) is 0.867. The molecule has 78 valence electrons. The lowest BCUT2D eigenvalue weighted by Crippen LogP contribution is -2.17. The van der Waals surface area contributed by atoms with Crippen molar-refractivity contribution in [2.75, 3.05) is 13.7 Å². The highest BCUT2D eigenvalue weighted by molar-refractivity contribution is 5.41. The molecule has 0 heterocycles. The first-order chi connectivity index (χ1) is 6.69. The maximum absolute atomic E-state index is 9.63. The molecule has 0 saturated heterocycles. The van der Waals surface area contributed by atoms with Crippen molar-refractivity contribution in [3.8, 4) is 11.5 Å². The van der Waals surface area contributed by atoms with Crippen molar-refractivity contribution in [2.24, 2.45) is 0 Å². The van der Waals surface area contributed by atoms with Crippen LogP contribution in [-0.4, -0.2) is 18.8 Å². The number of phenolic OH excluding ortho intramolecular Hbond substituents is 1. The molecule has 0 aliphatic heterocycles. The number of ether oxygens (including phenoxy) is 1. The first kappa shape index (κ1) is 10.9. The van der Waals surface area contributed by atoms with Crippen LogP contribution in [0.3, 0.4) is 0 Å². The van der Waals surface area contributed by atoms with E-state index in [9.17, 15) is 5.11 Å². The number of hydrogen-bond acceptors (Lipinski definition) is 3. The van der Waals surface area contributed by atoms with Crippen LogP contribution in [0.1, 0.15) is 25.5 Å². The fourth-order valence-corrected chi connectivity index (χ4v) is 1.42. The number of hydrogen-bond donors (Lipinski definition) is 2. The minimum atomic E-state index is 0.134.